The van der Waals surface area contributed by atoms with Gasteiger partial charge >= 0.3 is 0 Å². The lowest BCUT2D eigenvalue weighted by Gasteiger charge is -2.32. The van der Waals surface area contributed by atoms with Gasteiger partial charge < -0.3 is 5.32 Å². The second-order valence-electron chi connectivity index (χ2n) is 5.63. The Morgan fingerprint density at radius 2 is 1.85 bits per heavy atom. The van der Waals surface area contributed by atoms with Crippen LogP contribution in [0.4, 0.5) is 0 Å². The monoisotopic (exact) mass is 183 g/mol. The molecule has 1 N–H and O–H groups in total. The molecule has 13 heavy (non-hydrogen) atoms. The largest absolute Gasteiger partial charge is 0.311 e. The van der Waals surface area contributed by atoms with E-state index in [1.807, 2.05) is 0 Å². The van der Waals surface area contributed by atoms with E-state index >= 15 is 0 Å². The molecule has 0 amide bonds. The van der Waals surface area contributed by atoms with Crippen LogP contribution < -0.4 is 5.32 Å². The van der Waals surface area contributed by atoms with E-state index in [9.17, 15) is 0 Å². The van der Waals surface area contributed by atoms with Crippen LogP contribution in [-0.2, 0) is 0 Å². The molecule has 0 bridgehead atoms. The van der Waals surface area contributed by atoms with Crippen molar-refractivity contribution in [2.75, 3.05) is 0 Å². The molecule has 1 rings (SSSR count). The molecule has 1 heteroatoms. The summed E-state index contributed by atoms with van der Waals surface area (Å²) in [6, 6.07) is 1.40. The van der Waals surface area contributed by atoms with Crippen molar-refractivity contribution in [3.8, 4) is 0 Å². The molecule has 0 radical (unpaired) electrons. The van der Waals surface area contributed by atoms with Crippen molar-refractivity contribution < 1.29 is 0 Å². The fourth-order valence-corrected chi connectivity index (χ4v) is 2.15. The van der Waals surface area contributed by atoms with Crippen molar-refractivity contribution >= 4 is 0 Å². The van der Waals surface area contributed by atoms with Crippen molar-refractivity contribution in [2.24, 2.45) is 11.3 Å². The van der Waals surface area contributed by atoms with Crippen molar-refractivity contribution in [1.29, 1.82) is 0 Å². The quantitative estimate of drug-likeness (QED) is 0.708. The topological polar surface area (TPSA) is 12.0 Å². The highest BCUT2D eigenvalue weighted by Gasteiger charge is 2.34. The van der Waals surface area contributed by atoms with Crippen LogP contribution in [0.15, 0.2) is 0 Å². The van der Waals surface area contributed by atoms with Gasteiger partial charge in [0.05, 0.1) is 0 Å². The predicted octanol–water partition coefficient (Wildman–Crippen LogP) is 3.20. The van der Waals surface area contributed by atoms with Gasteiger partial charge in [-0.25, -0.2) is 0 Å². The van der Waals surface area contributed by atoms with E-state index in [4.69, 9.17) is 0 Å². The van der Waals surface area contributed by atoms with Crippen LogP contribution in [0.3, 0.4) is 0 Å². The molecule has 0 aromatic carbocycles. The van der Waals surface area contributed by atoms with E-state index in [1.165, 1.54) is 19.3 Å². The minimum absolute atomic E-state index is 0.517. The van der Waals surface area contributed by atoms with Crippen molar-refractivity contribution in [2.45, 2.75) is 66.0 Å². The second-order valence-corrected chi connectivity index (χ2v) is 5.63. The highest BCUT2D eigenvalue weighted by atomic mass is 15.0. The van der Waals surface area contributed by atoms with Gasteiger partial charge in [0.1, 0.15) is 0 Å². The van der Waals surface area contributed by atoms with Crippen LogP contribution in [0.25, 0.3) is 0 Å². The molecule has 78 valence electrons. The van der Waals surface area contributed by atoms with Gasteiger partial charge in [0.15, 0.2) is 0 Å². The number of hydrogen-bond donors (Lipinski definition) is 1. The first-order valence-corrected chi connectivity index (χ1v) is 5.69. The van der Waals surface area contributed by atoms with E-state index < -0.39 is 0 Å². The Kier molecular flexibility index (Phi) is 3.39. The predicted molar refractivity (Wildman–Crippen MR) is 58.9 cm³/mol. The molecule has 0 heterocycles. The Morgan fingerprint density at radius 3 is 2.23 bits per heavy atom. The summed E-state index contributed by atoms with van der Waals surface area (Å²) in [4.78, 5) is 0. The zero-order valence-electron chi connectivity index (χ0n) is 9.85. The molecule has 1 aliphatic carbocycles. The number of rotatable bonds is 3. The third-order valence-electron chi connectivity index (χ3n) is 3.72. The maximum atomic E-state index is 3.77. The van der Waals surface area contributed by atoms with Crippen LogP contribution in [0.5, 0.6) is 0 Å². The molecule has 0 saturated heterocycles. The Labute approximate surface area is 83.3 Å². The average Bonchev–Trinajstić information content (AvgIpc) is 2.30. The van der Waals surface area contributed by atoms with E-state index in [1.54, 1.807) is 0 Å². The summed E-state index contributed by atoms with van der Waals surface area (Å²) >= 11 is 0. The van der Waals surface area contributed by atoms with Crippen molar-refractivity contribution in [3.05, 3.63) is 0 Å². The molecule has 0 aromatic heterocycles. The van der Waals surface area contributed by atoms with E-state index in [0.717, 1.165) is 12.0 Å². The van der Waals surface area contributed by atoms with Gasteiger partial charge in [-0.2, -0.15) is 0 Å². The molecule has 1 saturated carbocycles. The van der Waals surface area contributed by atoms with Gasteiger partial charge in [0, 0.05) is 12.1 Å². The highest BCUT2D eigenvalue weighted by Crippen LogP contribution is 2.37. The fourth-order valence-electron chi connectivity index (χ4n) is 2.15. The van der Waals surface area contributed by atoms with Gasteiger partial charge in [0.25, 0.3) is 0 Å². The number of nitrogens with one attached hydrogen (secondary N) is 1. The van der Waals surface area contributed by atoms with E-state index in [-0.39, 0.29) is 0 Å². The Morgan fingerprint density at radius 1 is 1.23 bits per heavy atom. The van der Waals surface area contributed by atoms with Crippen LogP contribution in [0.1, 0.15) is 53.9 Å². The molecule has 0 spiro atoms. The summed E-state index contributed by atoms with van der Waals surface area (Å²) in [5, 5.41) is 3.77. The van der Waals surface area contributed by atoms with Gasteiger partial charge in [-0.05, 0) is 31.1 Å². The summed E-state index contributed by atoms with van der Waals surface area (Å²) in [6.07, 6.45) is 4.15. The molecular formula is C12H25N. The van der Waals surface area contributed by atoms with E-state index in [2.05, 4.69) is 39.9 Å². The molecule has 2 atom stereocenters. The highest BCUT2D eigenvalue weighted by molar-refractivity contribution is 4.91. The first kappa shape index (κ1) is 11.0. The minimum atomic E-state index is 0.517. The van der Waals surface area contributed by atoms with Gasteiger partial charge in [-0.3, -0.25) is 0 Å². The molecule has 1 aliphatic rings. The lowest BCUT2D eigenvalue weighted by molar-refractivity contribution is 0.246. The summed E-state index contributed by atoms with van der Waals surface area (Å²) in [7, 11) is 0. The van der Waals surface area contributed by atoms with Crippen LogP contribution in [-0.4, -0.2) is 12.1 Å². The lowest BCUT2D eigenvalue weighted by Crippen LogP contribution is -2.44. The third kappa shape index (κ3) is 2.70. The summed E-state index contributed by atoms with van der Waals surface area (Å²) in [5.74, 6) is 0.747. The first-order chi connectivity index (χ1) is 5.93. The standard InChI is InChI=1S/C12H25N/c1-9(2)10(3)13-11-7-6-8-12(11,4)5/h9-11,13H,6-8H2,1-5H3. The first-order valence-electron chi connectivity index (χ1n) is 5.69. The summed E-state index contributed by atoms with van der Waals surface area (Å²) < 4.78 is 0. The smallest absolute Gasteiger partial charge is 0.0121 e. The van der Waals surface area contributed by atoms with Crippen LogP contribution in [0.2, 0.25) is 0 Å². The normalized spacial score (nSPS) is 29.5. The number of hydrogen-bond acceptors (Lipinski definition) is 1. The molecule has 1 nitrogen and oxygen atoms in total. The Bertz CT molecular complexity index is 161. The van der Waals surface area contributed by atoms with Gasteiger partial charge in [-0.1, -0.05) is 34.1 Å². The SMILES string of the molecule is CC(C)C(C)NC1CCCC1(C)C. The molecule has 1 fully saturated rings. The zero-order valence-corrected chi connectivity index (χ0v) is 9.85. The Balaban J connectivity index is 2.45. The summed E-state index contributed by atoms with van der Waals surface area (Å²) in [5.41, 5.74) is 0.517. The molecular weight excluding hydrogens is 158 g/mol. The maximum absolute atomic E-state index is 3.77. The van der Waals surface area contributed by atoms with Crippen molar-refractivity contribution in [1.82, 2.24) is 5.32 Å². The van der Waals surface area contributed by atoms with Crippen LogP contribution >= 0.6 is 0 Å². The van der Waals surface area contributed by atoms with Gasteiger partial charge in [-0.15, -0.1) is 0 Å². The summed E-state index contributed by atoms with van der Waals surface area (Å²) in [6.45, 7) is 11.7. The molecule has 0 aliphatic heterocycles. The fraction of sp³-hybridized carbons (Fsp3) is 1.00. The zero-order chi connectivity index (χ0) is 10.1. The van der Waals surface area contributed by atoms with Crippen LogP contribution in [0, 0.1) is 11.3 Å². The molecule has 0 aromatic rings. The average molecular weight is 183 g/mol. The van der Waals surface area contributed by atoms with Gasteiger partial charge in [0.2, 0.25) is 0 Å². The maximum Gasteiger partial charge on any atom is 0.0121 e. The minimum Gasteiger partial charge on any atom is -0.311 e. The lowest BCUT2D eigenvalue weighted by atomic mass is 9.86. The second kappa shape index (κ2) is 4.00. The van der Waals surface area contributed by atoms with Crippen molar-refractivity contribution in [3.63, 3.8) is 0 Å². The Hall–Kier alpha value is -0.0400. The molecule has 2 unspecified atom stereocenters. The third-order valence-corrected chi connectivity index (χ3v) is 3.72. The van der Waals surface area contributed by atoms with E-state index in [0.29, 0.717) is 11.5 Å².